The van der Waals surface area contributed by atoms with E-state index in [2.05, 4.69) is 67.6 Å². The predicted molar refractivity (Wildman–Crippen MR) is 421 cm³/mol. The number of rotatable bonds is 76. The number of hydrogen-bond acceptors (Lipinski definition) is 31. The minimum Gasteiger partial charge on any atom is -0.463 e. The van der Waals surface area contributed by atoms with Crippen molar-refractivity contribution in [2.75, 3.05) is 245 Å². The zero-order chi connectivity index (χ0) is 83.2. The molecule has 31 nitrogen and oxygen atoms in total. The summed E-state index contributed by atoms with van der Waals surface area (Å²) in [6.45, 7) is 37.1. The Morgan fingerprint density at radius 2 is 0.465 bits per heavy atom. The lowest BCUT2D eigenvalue weighted by Crippen LogP contribution is -2.55. The molecule has 3 fully saturated rings. The van der Waals surface area contributed by atoms with E-state index >= 15 is 0 Å². The highest BCUT2D eigenvalue weighted by molar-refractivity contribution is 5.79. The van der Waals surface area contributed by atoms with Gasteiger partial charge in [0.05, 0.1) is 182 Å². The summed E-state index contributed by atoms with van der Waals surface area (Å²) >= 11 is 0. The molecule has 0 radical (unpaired) electrons. The van der Waals surface area contributed by atoms with Crippen molar-refractivity contribution in [3.63, 3.8) is 0 Å². The first kappa shape index (κ1) is 105. The van der Waals surface area contributed by atoms with E-state index in [1.165, 1.54) is 20.8 Å². The van der Waals surface area contributed by atoms with Crippen LogP contribution in [0.1, 0.15) is 160 Å². The maximum absolute atomic E-state index is 12.6. The molecule has 3 aliphatic rings. The second-order valence-corrected chi connectivity index (χ2v) is 30.2. The van der Waals surface area contributed by atoms with Gasteiger partial charge in [0.25, 0.3) is 0 Å². The van der Waals surface area contributed by atoms with Crippen LogP contribution in [0.25, 0.3) is 0 Å². The quantitative estimate of drug-likeness (QED) is 0.0340. The van der Waals surface area contributed by atoms with Gasteiger partial charge in [-0.1, -0.05) is 62.3 Å². The summed E-state index contributed by atoms with van der Waals surface area (Å²) in [5.74, 6) is 1.63. The first-order valence-corrected chi connectivity index (χ1v) is 42.2. The van der Waals surface area contributed by atoms with Crippen molar-refractivity contribution >= 4 is 35.3 Å². The molecule has 31 heteroatoms. The van der Waals surface area contributed by atoms with Crippen molar-refractivity contribution < 1.29 is 142 Å². The minimum atomic E-state index is -0.667. The molecule has 1 N–H and O–H groups in total. The molecule has 0 spiro atoms. The molecule has 0 bridgehead atoms. The predicted octanol–water partition coefficient (Wildman–Crippen LogP) is 8.22. The van der Waals surface area contributed by atoms with Crippen LogP contribution < -0.4 is 5.32 Å². The average molecular weight is 1640 g/mol. The summed E-state index contributed by atoms with van der Waals surface area (Å²) in [7, 11) is 1.85. The standard InChI is InChI=1S/C83H151NO30/c1-62-65(4)77(56-109-71(10)85)112-80(68(62)7)106-53-50-100-47-44-97-41-38-94-26-14-20-74(88)23-35-91-29-17-32-103-59-83(84-13,60-104-33-18-30-92-36-24-75(89)21-15-27-95-39-42-98-45-48-101-51-54-107-81-69(8)63(2)66(5)78(113-81)57-110-72(11)86)61-105-34-19-31-93-37-25-76(90)22-16-28-96-40-43-99-46-49-102-52-55-108-82-70(9)64(3)67(6)79(114-82)58-111-73(12)87/h62-70,77-82,84H,14-61H2,1-13H3. The van der Waals surface area contributed by atoms with Crippen LogP contribution in [0.5, 0.6) is 0 Å². The molecule has 3 aliphatic heterocycles. The fourth-order valence-electron chi connectivity index (χ4n) is 12.8. The van der Waals surface area contributed by atoms with Gasteiger partial charge in [-0.05, 0) is 81.1 Å². The van der Waals surface area contributed by atoms with Crippen molar-refractivity contribution in [1.82, 2.24) is 5.32 Å². The number of ether oxygens (including phenoxy) is 24. The van der Waals surface area contributed by atoms with Crippen molar-refractivity contribution in [3.8, 4) is 0 Å². The zero-order valence-corrected chi connectivity index (χ0v) is 71.8. The molecule has 0 aromatic rings. The Hall–Kier alpha value is -3.46. The Morgan fingerprint density at radius 3 is 0.702 bits per heavy atom. The smallest absolute Gasteiger partial charge is 0.302 e. The Balaban J connectivity index is 1.22. The van der Waals surface area contributed by atoms with Crippen molar-refractivity contribution in [2.45, 2.75) is 203 Å². The average Bonchev–Trinajstić information content (AvgIpc) is 0.828. The number of carbonyl (C=O) groups excluding carboxylic acids is 6. The van der Waals surface area contributed by atoms with Crippen LogP contribution in [-0.4, -0.2) is 323 Å². The molecule has 3 rings (SSSR count). The van der Waals surface area contributed by atoms with Gasteiger partial charge in [0.2, 0.25) is 0 Å². The molecule has 114 heavy (non-hydrogen) atoms. The van der Waals surface area contributed by atoms with Gasteiger partial charge in [0.15, 0.2) is 18.9 Å². The molecular weight excluding hydrogens is 1490 g/mol. The van der Waals surface area contributed by atoms with Crippen molar-refractivity contribution in [2.24, 2.45) is 53.3 Å². The number of esters is 3. The number of ketones is 3. The highest BCUT2D eigenvalue weighted by atomic mass is 16.7. The highest BCUT2D eigenvalue weighted by Gasteiger charge is 2.43. The Bertz CT molecular complexity index is 2170. The van der Waals surface area contributed by atoms with Crippen LogP contribution >= 0.6 is 0 Å². The number of carbonyl (C=O) groups is 6. The lowest BCUT2D eigenvalue weighted by atomic mass is 9.79. The molecule has 15 atom stereocenters. The fourth-order valence-corrected chi connectivity index (χ4v) is 12.8. The molecule has 668 valence electrons. The van der Waals surface area contributed by atoms with Gasteiger partial charge in [-0.15, -0.1) is 0 Å². The summed E-state index contributed by atoms with van der Waals surface area (Å²) in [5.41, 5.74) is -0.667. The van der Waals surface area contributed by atoms with Gasteiger partial charge in [0.1, 0.15) is 37.2 Å². The monoisotopic (exact) mass is 1640 g/mol. The molecule has 0 amide bonds. The molecule has 0 aromatic carbocycles. The van der Waals surface area contributed by atoms with Crippen LogP contribution in [0.2, 0.25) is 0 Å². The minimum absolute atomic E-state index is 0.115. The van der Waals surface area contributed by atoms with E-state index in [9.17, 15) is 28.8 Å². The summed E-state index contributed by atoms with van der Waals surface area (Å²) in [4.78, 5) is 71.7. The lowest BCUT2D eigenvalue weighted by Gasteiger charge is -2.43. The highest BCUT2D eigenvalue weighted by Crippen LogP contribution is 2.38. The molecule has 3 saturated heterocycles. The van der Waals surface area contributed by atoms with Crippen LogP contribution in [0, 0.1) is 53.3 Å². The van der Waals surface area contributed by atoms with Gasteiger partial charge in [-0.25, -0.2) is 0 Å². The summed E-state index contributed by atoms with van der Waals surface area (Å²) in [5, 5.41) is 3.38. The van der Waals surface area contributed by atoms with E-state index in [1.54, 1.807) is 0 Å². The van der Waals surface area contributed by atoms with Crippen LogP contribution in [-0.2, 0) is 142 Å². The van der Waals surface area contributed by atoms with E-state index < -0.39 is 24.4 Å². The SMILES string of the molecule is CNC(COCCCOCCC(=O)CCCOCCOCCOCCOC1OC(COC(C)=O)C(C)C(C)C1C)(COCCCOCCC(=O)CCCOCCOCCOCCOC1OC(COC(C)=O)C(C)C(C)C1C)COCCCOCCC(=O)CCCOCCOCCOCCOC1OC(COC(C)=O)C(C)C(C)C1C. The number of Topliss-reactive ketones (excluding diaryl/α,β-unsaturated/α-hetero) is 3. The van der Waals surface area contributed by atoms with Gasteiger partial charge >= 0.3 is 17.9 Å². The lowest BCUT2D eigenvalue weighted by molar-refractivity contribution is -0.258. The largest absolute Gasteiger partial charge is 0.463 e. The molecule has 0 saturated carbocycles. The van der Waals surface area contributed by atoms with Crippen LogP contribution in [0.3, 0.4) is 0 Å². The molecule has 0 aliphatic carbocycles. The molecule has 0 aromatic heterocycles. The number of hydrogen-bond donors (Lipinski definition) is 1. The maximum atomic E-state index is 12.6. The van der Waals surface area contributed by atoms with Crippen LogP contribution in [0.4, 0.5) is 0 Å². The van der Waals surface area contributed by atoms with E-state index in [-0.39, 0.29) is 109 Å². The van der Waals surface area contributed by atoms with E-state index in [0.717, 1.165) is 0 Å². The third kappa shape index (κ3) is 49.9. The van der Waals surface area contributed by atoms with Crippen LogP contribution in [0.15, 0.2) is 0 Å². The van der Waals surface area contributed by atoms with Gasteiger partial charge in [-0.3, -0.25) is 28.8 Å². The second kappa shape index (κ2) is 67.2. The summed E-state index contributed by atoms with van der Waals surface area (Å²) < 4.78 is 139. The Labute approximate surface area is 681 Å². The number of likely N-dealkylation sites (N-methyl/N-ethyl adjacent to an activating group) is 1. The molecule has 15 unspecified atom stereocenters. The summed E-state index contributed by atoms with van der Waals surface area (Å²) in [6.07, 6.45) is 4.07. The normalized spacial score (nSPS) is 24.3. The third-order valence-corrected chi connectivity index (χ3v) is 21.3. The first-order chi connectivity index (χ1) is 55.1. The first-order valence-electron chi connectivity index (χ1n) is 42.2. The van der Waals surface area contributed by atoms with Gasteiger partial charge in [-0.2, -0.15) is 0 Å². The van der Waals surface area contributed by atoms with E-state index in [0.29, 0.717) is 313 Å². The van der Waals surface area contributed by atoms with Gasteiger partial charge in [0, 0.05) is 137 Å². The fraction of sp³-hybridized carbons (Fsp3) is 0.928. The second-order valence-electron chi connectivity index (χ2n) is 30.2. The van der Waals surface area contributed by atoms with E-state index in [1.807, 2.05) is 7.05 Å². The van der Waals surface area contributed by atoms with E-state index in [4.69, 9.17) is 114 Å². The topological polar surface area (TPSA) is 336 Å². The van der Waals surface area contributed by atoms with Crippen molar-refractivity contribution in [1.29, 1.82) is 0 Å². The van der Waals surface area contributed by atoms with Crippen molar-refractivity contribution in [3.05, 3.63) is 0 Å². The van der Waals surface area contributed by atoms with Gasteiger partial charge < -0.3 is 119 Å². The molecular formula is C83H151NO30. The third-order valence-electron chi connectivity index (χ3n) is 21.3. The Morgan fingerprint density at radius 1 is 0.254 bits per heavy atom. The Kier molecular flexibility index (Phi) is 61.8. The zero-order valence-electron chi connectivity index (χ0n) is 71.8. The molecule has 3 heterocycles. The number of nitrogens with one attached hydrogen (secondary N) is 1. The maximum Gasteiger partial charge on any atom is 0.302 e. The summed E-state index contributed by atoms with van der Waals surface area (Å²) in [6, 6.07) is 0.